The van der Waals surface area contributed by atoms with Crippen molar-refractivity contribution in [2.75, 3.05) is 33.4 Å². The lowest BCUT2D eigenvalue weighted by atomic mass is 10.1. The Kier molecular flexibility index (Phi) is 7.16. The fourth-order valence-electron chi connectivity index (χ4n) is 1.75. The van der Waals surface area contributed by atoms with Crippen LogP contribution in [0.5, 0.6) is 0 Å². The minimum absolute atomic E-state index is 0.0608. The molecule has 0 radical (unpaired) electrons. The second kappa shape index (κ2) is 8.44. The molecule has 1 aliphatic rings. The van der Waals surface area contributed by atoms with Crippen molar-refractivity contribution in [1.82, 2.24) is 10.6 Å². The first-order valence-corrected chi connectivity index (χ1v) is 6.37. The molecular weight excluding hydrogens is 220 g/mol. The van der Waals surface area contributed by atoms with Gasteiger partial charge in [-0.2, -0.15) is 0 Å². The number of methoxy groups -OCH3 is 1. The molecule has 0 saturated carbocycles. The smallest absolute Gasteiger partial charge is 0.248 e. The molecule has 1 atom stereocenters. The first-order chi connectivity index (χ1) is 8.24. The van der Waals surface area contributed by atoms with E-state index >= 15 is 0 Å². The van der Waals surface area contributed by atoms with Gasteiger partial charge < -0.3 is 20.1 Å². The fourth-order valence-corrected chi connectivity index (χ4v) is 1.75. The number of carbonyl (C=O) groups excluding carboxylic acids is 1. The Morgan fingerprint density at radius 1 is 1.47 bits per heavy atom. The molecule has 1 heterocycles. The number of nitrogens with one attached hydrogen (secondary N) is 2. The molecule has 1 amide bonds. The van der Waals surface area contributed by atoms with Gasteiger partial charge in [-0.1, -0.05) is 0 Å². The van der Waals surface area contributed by atoms with E-state index in [2.05, 4.69) is 10.6 Å². The molecule has 17 heavy (non-hydrogen) atoms. The molecule has 0 spiro atoms. The third kappa shape index (κ3) is 6.00. The summed E-state index contributed by atoms with van der Waals surface area (Å²) in [5.74, 6) is -0.0608. The Morgan fingerprint density at radius 3 is 2.82 bits per heavy atom. The summed E-state index contributed by atoms with van der Waals surface area (Å²) < 4.78 is 10.6. The van der Waals surface area contributed by atoms with E-state index < -0.39 is 0 Å². The summed E-state index contributed by atoms with van der Waals surface area (Å²) in [6, 6.07) is 0. The molecule has 0 bridgehead atoms. The highest BCUT2D eigenvalue weighted by Gasteiger charge is 2.13. The molecule has 1 rings (SSSR count). The molecule has 2 N–H and O–H groups in total. The maximum absolute atomic E-state index is 11.4. The van der Waals surface area contributed by atoms with Crippen molar-refractivity contribution in [3.05, 3.63) is 0 Å². The fraction of sp³-hybridized carbons (Fsp3) is 0.917. The SMILES string of the molecule is COC(C)C(=O)NCCCOC1CCNCC1. The first-order valence-electron chi connectivity index (χ1n) is 6.37. The van der Waals surface area contributed by atoms with E-state index in [0.717, 1.165) is 32.4 Å². The molecule has 0 aromatic heterocycles. The van der Waals surface area contributed by atoms with Crippen molar-refractivity contribution in [3.8, 4) is 0 Å². The standard InChI is InChI=1S/C12H24N2O3/c1-10(16-2)12(15)14-6-3-9-17-11-4-7-13-8-5-11/h10-11,13H,3-9H2,1-2H3,(H,14,15). The quantitative estimate of drug-likeness (QED) is 0.632. The average Bonchev–Trinajstić information content (AvgIpc) is 2.38. The molecule has 5 heteroatoms. The van der Waals surface area contributed by atoms with Gasteiger partial charge in [0.25, 0.3) is 0 Å². The van der Waals surface area contributed by atoms with Crippen molar-refractivity contribution >= 4 is 5.91 Å². The summed E-state index contributed by atoms with van der Waals surface area (Å²) in [6.07, 6.45) is 3.05. The van der Waals surface area contributed by atoms with E-state index in [0.29, 0.717) is 19.3 Å². The van der Waals surface area contributed by atoms with Gasteiger partial charge in [-0.15, -0.1) is 0 Å². The summed E-state index contributed by atoms with van der Waals surface area (Å²) in [7, 11) is 1.53. The van der Waals surface area contributed by atoms with Crippen LogP contribution in [-0.4, -0.2) is 51.5 Å². The zero-order valence-corrected chi connectivity index (χ0v) is 10.8. The second-order valence-corrected chi connectivity index (χ2v) is 4.34. The van der Waals surface area contributed by atoms with Gasteiger partial charge >= 0.3 is 0 Å². The summed E-state index contributed by atoms with van der Waals surface area (Å²) in [4.78, 5) is 11.4. The van der Waals surface area contributed by atoms with Crippen LogP contribution in [0.3, 0.4) is 0 Å². The lowest BCUT2D eigenvalue weighted by molar-refractivity contribution is -0.130. The molecule has 1 aliphatic heterocycles. The topological polar surface area (TPSA) is 59.6 Å². The Hall–Kier alpha value is -0.650. The lowest BCUT2D eigenvalue weighted by Gasteiger charge is -2.22. The molecule has 100 valence electrons. The number of ether oxygens (including phenoxy) is 2. The second-order valence-electron chi connectivity index (χ2n) is 4.34. The van der Waals surface area contributed by atoms with Crippen LogP contribution in [0.25, 0.3) is 0 Å². The Bertz CT molecular complexity index is 218. The van der Waals surface area contributed by atoms with Gasteiger partial charge in [0.2, 0.25) is 5.91 Å². The molecule has 1 unspecified atom stereocenters. The summed E-state index contributed by atoms with van der Waals surface area (Å²) in [6.45, 7) is 5.20. The molecule has 1 fully saturated rings. The lowest BCUT2D eigenvalue weighted by Crippen LogP contribution is -2.35. The molecule has 1 saturated heterocycles. The van der Waals surface area contributed by atoms with Crippen LogP contribution in [0, 0.1) is 0 Å². The van der Waals surface area contributed by atoms with Crippen molar-refractivity contribution in [3.63, 3.8) is 0 Å². The molecule has 5 nitrogen and oxygen atoms in total. The van der Waals surface area contributed by atoms with Gasteiger partial charge in [-0.25, -0.2) is 0 Å². The van der Waals surface area contributed by atoms with E-state index in [4.69, 9.17) is 9.47 Å². The number of piperidine rings is 1. The molecule has 0 aliphatic carbocycles. The average molecular weight is 244 g/mol. The van der Waals surface area contributed by atoms with E-state index in [1.54, 1.807) is 6.92 Å². The van der Waals surface area contributed by atoms with Gasteiger partial charge in [-0.3, -0.25) is 4.79 Å². The number of hydrogen-bond acceptors (Lipinski definition) is 4. The third-order valence-corrected chi connectivity index (χ3v) is 2.98. The monoisotopic (exact) mass is 244 g/mol. The number of carbonyl (C=O) groups is 1. The van der Waals surface area contributed by atoms with Gasteiger partial charge in [0.05, 0.1) is 6.10 Å². The highest BCUT2D eigenvalue weighted by Crippen LogP contribution is 2.06. The summed E-state index contributed by atoms with van der Waals surface area (Å²) >= 11 is 0. The molecular formula is C12H24N2O3. The van der Waals surface area contributed by atoms with Crippen LogP contribution in [0.15, 0.2) is 0 Å². The van der Waals surface area contributed by atoms with Crippen molar-refractivity contribution in [2.45, 2.75) is 38.4 Å². The Labute approximate surface area is 103 Å². The number of amides is 1. The summed E-state index contributed by atoms with van der Waals surface area (Å²) in [5, 5.41) is 6.11. The van der Waals surface area contributed by atoms with Crippen LogP contribution in [0.1, 0.15) is 26.2 Å². The zero-order valence-electron chi connectivity index (χ0n) is 10.8. The van der Waals surface area contributed by atoms with Gasteiger partial charge in [0, 0.05) is 20.3 Å². The largest absolute Gasteiger partial charge is 0.378 e. The third-order valence-electron chi connectivity index (χ3n) is 2.98. The number of rotatable bonds is 7. The van der Waals surface area contributed by atoms with Gasteiger partial charge in [0.1, 0.15) is 6.10 Å². The summed E-state index contributed by atoms with van der Waals surface area (Å²) in [5.41, 5.74) is 0. The predicted molar refractivity (Wildman–Crippen MR) is 65.9 cm³/mol. The van der Waals surface area contributed by atoms with Crippen molar-refractivity contribution in [2.24, 2.45) is 0 Å². The number of hydrogen-bond donors (Lipinski definition) is 2. The molecule has 0 aromatic rings. The highest BCUT2D eigenvalue weighted by molar-refractivity contribution is 5.80. The van der Waals surface area contributed by atoms with Crippen molar-refractivity contribution in [1.29, 1.82) is 0 Å². The van der Waals surface area contributed by atoms with Crippen LogP contribution >= 0.6 is 0 Å². The maximum atomic E-state index is 11.4. The normalized spacial score (nSPS) is 18.9. The van der Waals surface area contributed by atoms with Crippen LogP contribution < -0.4 is 10.6 Å². The predicted octanol–water partition coefficient (Wildman–Crippen LogP) is 0.296. The van der Waals surface area contributed by atoms with Crippen LogP contribution in [0.2, 0.25) is 0 Å². The highest BCUT2D eigenvalue weighted by atomic mass is 16.5. The van der Waals surface area contributed by atoms with E-state index in [1.807, 2.05) is 0 Å². The van der Waals surface area contributed by atoms with E-state index in [1.165, 1.54) is 7.11 Å². The minimum Gasteiger partial charge on any atom is -0.378 e. The Balaban J connectivity index is 1.95. The van der Waals surface area contributed by atoms with Crippen LogP contribution in [-0.2, 0) is 14.3 Å². The maximum Gasteiger partial charge on any atom is 0.248 e. The van der Waals surface area contributed by atoms with E-state index in [-0.39, 0.29) is 12.0 Å². The molecule has 0 aromatic carbocycles. The Morgan fingerprint density at radius 2 is 2.18 bits per heavy atom. The first kappa shape index (κ1) is 14.4. The zero-order chi connectivity index (χ0) is 12.5. The minimum atomic E-state index is -0.375. The van der Waals surface area contributed by atoms with Crippen LogP contribution in [0.4, 0.5) is 0 Å². The van der Waals surface area contributed by atoms with Crippen molar-refractivity contribution < 1.29 is 14.3 Å². The van der Waals surface area contributed by atoms with Gasteiger partial charge in [0.15, 0.2) is 0 Å². The van der Waals surface area contributed by atoms with E-state index in [9.17, 15) is 4.79 Å². The van der Waals surface area contributed by atoms with Gasteiger partial charge in [-0.05, 0) is 39.3 Å².